The number of hydrogen-bond acceptors (Lipinski definition) is 6. The smallest absolute Gasteiger partial charge is 0.415 e. The van der Waals surface area contributed by atoms with Crippen LogP contribution in [-0.4, -0.2) is 39.9 Å². The number of benzene rings is 1. The fraction of sp³-hybridized carbons (Fsp3) is 0.417. The van der Waals surface area contributed by atoms with Crippen molar-refractivity contribution in [3.8, 4) is 11.8 Å². The molecule has 1 aromatic carbocycles. The maximum atomic E-state index is 12.9. The van der Waals surface area contributed by atoms with Gasteiger partial charge in [0.05, 0.1) is 48.8 Å². The Hall–Kier alpha value is -3.31. The first-order valence-electron chi connectivity index (χ1n) is 10.9. The summed E-state index contributed by atoms with van der Waals surface area (Å²) in [5.41, 5.74) is 2.29. The number of nitriles is 1. The van der Waals surface area contributed by atoms with E-state index in [9.17, 15) is 10.1 Å². The molecule has 2 aliphatic rings. The summed E-state index contributed by atoms with van der Waals surface area (Å²) >= 11 is 6.00. The quantitative estimate of drug-likeness (QED) is 0.506. The molecule has 1 saturated heterocycles. The molecule has 9 heteroatoms. The van der Waals surface area contributed by atoms with Crippen LogP contribution in [0.2, 0.25) is 5.15 Å². The Morgan fingerprint density at radius 1 is 1.30 bits per heavy atom. The van der Waals surface area contributed by atoms with Crippen molar-refractivity contribution in [2.45, 2.75) is 44.8 Å². The molecule has 1 saturated carbocycles. The standard InChI is InChI=1S/C24H24ClN5O3/c1-23(13-29-15-28-17-5-4-16(10-26)8-18(17)29)6-3-7-24(12-23)14-30(22(31)33-24)19-11-27-21(25)9-20(19)32-2/h4-5,8-9,11,15H,3,6-7,12-14H2,1-2H3/t23-,24-/m0/s1. The van der Waals surface area contributed by atoms with E-state index in [0.717, 1.165) is 43.3 Å². The first-order chi connectivity index (χ1) is 15.8. The number of aromatic nitrogens is 3. The van der Waals surface area contributed by atoms with E-state index in [2.05, 4.69) is 27.5 Å². The van der Waals surface area contributed by atoms with Gasteiger partial charge in [0.15, 0.2) is 0 Å². The number of hydrogen-bond donors (Lipinski definition) is 0. The molecule has 0 bridgehead atoms. The minimum absolute atomic E-state index is 0.104. The molecule has 3 heterocycles. The van der Waals surface area contributed by atoms with E-state index in [1.165, 1.54) is 7.11 Å². The van der Waals surface area contributed by atoms with Crippen molar-refractivity contribution in [1.29, 1.82) is 5.26 Å². The zero-order chi connectivity index (χ0) is 23.2. The lowest BCUT2D eigenvalue weighted by Crippen LogP contribution is -2.45. The van der Waals surface area contributed by atoms with E-state index in [0.29, 0.717) is 28.7 Å². The molecular weight excluding hydrogens is 442 g/mol. The summed E-state index contributed by atoms with van der Waals surface area (Å²) in [5, 5.41) is 9.58. The van der Waals surface area contributed by atoms with E-state index in [1.54, 1.807) is 23.2 Å². The van der Waals surface area contributed by atoms with Crippen molar-refractivity contribution in [2.24, 2.45) is 5.41 Å². The molecule has 2 fully saturated rings. The molecule has 2 atom stereocenters. The van der Waals surface area contributed by atoms with Gasteiger partial charge < -0.3 is 14.0 Å². The highest BCUT2D eigenvalue weighted by atomic mass is 35.5. The molecule has 8 nitrogen and oxygen atoms in total. The van der Waals surface area contributed by atoms with Crippen LogP contribution in [0.15, 0.2) is 36.8 Å². The highest BCUT2D eigenvalue weighted by Crippen LogP contribution is 2.48. The van der Waals surface area contributed by atoms with Gasteiger partial charge in [-0.1, -0.05) is 18.5 Å². The minimum Gasteiger partial charge on any atom is -0.494 e. The second-order valence-electron chi connectivity index (χ2n) is 9.34. The van der Waals surface area contributed by atoms with Crippen LogP contribution in [0.25, 0.3) is 11.0 Å². The summed E-state index contributed by atoms with van der Waals surface area (Å²) in [4.78, 5) is 23.1. The molecule has 0 N–H and O–H groups in total. The van der Waals surface area contributed by atoms with Gasteiger partial charge in [-0.3, -0.25) is 4.90 Å². The van der Waals surface area contributed by atoms with Gasteiger partial charge in [-0.2, -0.15) is 5.26 Å². The number of methoxy groups -OCH3 is 1. The zero-order valence-electron chi connectivity index (χ0n) is 18.5. The number of carbonyl (C=O) groups excluding carboxylic acids is 1. The molecule has 1 amide bonds. The second kappa shape index (κ2) is 7.92. The van der Waals surface area contributed by atoms with E-state index in [1.807, 2.05) is 18.5 Å². The summed E-state index contributed by atoms with van der Waals surface area (Å²) < 4.78 is 13.6. The summed E-state index contributed by atoms with van der Waals surface area (Å²) in [5.74, 6) is 0.487. The Bertz CT molecular complexity index is 1280. The first-order valence-corrected chi connectivity index (χ1v) is 11.3. The molecular formula is C24H24ClN5O3. The van der Waals surface area contributed by atoms with Crippen molar-refractivity contribution < 1.29 is 14.3 Å². The lowest BCUT2D eigenvalue weighted by Gasteiger charge is -2.43. The van der Waals surface area contributed by atoms with Crippen molar-refractivity contribution in [3.05, 3.63) is 47.5 Å². The van der Waals surface area contributed by atoms with Crippen LogP contribution in [0.1, 0.15) is 38.2 Å². The largest absolute Gasteiger partial charge is 0.494 e. The van der Waals surface area contributed by atoms with Crippen LogP contribution in [0.3, 0.4) is 0 Å². The molecule has 5 rings (SSSR count). The average Bonchev–Trinajstić information content (AvgIpc) is 3.32. The van der Waals surface area contributed by atoms with E-state index >= 15 is 0 Å². The fourth-order valence-electron chi connectivity index (χ4n) is 5.39. The van der Waals surface area contributed by atoms with Crippen LogP contribution >= 0.6 is 11.6 Å². The Balaban J connectivity index is 1.41. The van der Waals surface area contributed by atoms with Gasteiger partial charge in [0.2, 0.25) is 0 Å². The number of pyridine rings is 1. The van der Waals surface area contributed by atoms with Crippen LogP contribution in [0.5, 0.6) is 5.75 Å². The number of ether oxygens (including phenoxy) is 2. The van der Waals surface area contributed by atoms with Crippen molar-refractivity contribution in [2.75, 3.05) is 18.6 Å². The van der Waals surface area contributed by atoms with Gasteiger partial charge in [-0.25, -0.2) is 14.8 Å². The molecule has 3 aromatic rings. The van der Waals surface area contributed by atoms with Crippen LogP contribution in [-0.2, 0) is 11.3 Å². The Labute approximate surface area is 196 Å². The third-order valence-corrected chi connectivity index (χ3v) is 6.96. The van der Waals surface area contributed by atoms with Crippen LogP contribution in [0, 0.1) is 16.7 Å². The van der Waals surface area contributed by atoms with Crippen molar-refractivity contribution in [1.82, 2.24) is 14.5 Å². The third kappa shape index (κ3) is 3.87. The molecule has 170 valence electrons. The molecule has 33 heavy (non-hydrogen) atoms. The molecule has 2 aromatic heterocycles. The molecule has 0 radical (unpaired) electrons. The maximum Gasteiger partial charge on any atom is 0.415 e. The number of carbonyl (C=O) groups is 1. The summed E-state index contributed by atoms with van der Waals surface area (Å²) in [7, 11) is 1.54. The number of imidazole rings is 1. The van der Waals surface area contributed by atoms with E-state index in [-0.39, 0.29) is 5.41 Å². The predicted molar refractivity (Wildman–Crippen MR) is 123 cm³/mol. The topological polar surface area (TPSA) is 93.3 Å². The maximum absolute atomic E-state index is 12.9. The average molecular weight is 466 g/mol. The van der Waals surface area contributed by atoms with E-state index in [4.69, 9.17) is 21.1 Å². The van der Waals surface area contributed by atoms with Gasteiger partial charge in [0.25, 0.3) is 0 Å². The summed E-state index contributed by atoms with van der Waals surface area (Å²) in [6.07, 6.45) is 6.47. The zero-order valence-corrected chi connectivity index (χ0v) is 19.3. The second-order valence-corrected chi connectivity index (χ2v) is 9.73. The SMILES string of the molecule is COc1cc(Cl)ncc1N1C[C@@]2(CCC[C@](C)(Cn3cnc4ccc(C#N)cc43)C2)OC1=O. The number of amides is 1. The molecule has 1 spiro atoms. The Kier molecular flexibility index (Phi) is 5.17. The predicted octanol–water partition coefficient (Wildman–Crippen LogP) is 4.94. The van der Waals surface area contributed by atoms with E-state index < -0.39 is 11.7 Å². The highest BCUT2D eigenvalue weighted by molar-refractivity contribution is 6.29. The summed E-state index contributed by atoms with van der Waals surface area (Å²) in [6.45, 7) is 3.39. The van der Waals surface area contributed by atoms with Gasteiger partial charge in [-0.05, 0) is 49.3 Å². The Morgan fingerprint density at radius 3 is 2.94 bits per heavy atom. The third-order valence-electron chi connectivity index (χ3n) is 6.76. The number of halogens is 1. The Morgan fingerprint density at radius 2 is 2.15 bits per heavy atom. The number of nitrogens with zero attached hydrogens (tertiary/aromatic N) is 5. The van der Waals surface area contributed by atoms with Gasteiger partial charge in [0, 0.05) is 12.6 Å². The van der Waals surface area contributed by atoms with Gasteiger partial charge in [-0.15, -0.1) is 0 Å². The summed E-state index contributed by atoms with van der Waals surface area (Å²) in [6, 6.07) is 9.33. The molecule has 1 aliphatic carbocycles. The van der Waals surface area contributed by atoms with Gasteiger partial charge >= 0.3 is 6.09 Å². The highest BCUT2D eigenvalue weighted by Gasteiger charge is 2.52. The van der Waals surface area contributed by atoms with Crippen molar-refractivity contribution in [3.63, 3.8) is 0 Å². The number of anilines is 1. The number of fused-ring (bicyclic) bond motifs is 1. The first kappa shape index (κ1) is 21.5. The normalized spacial score (nSPS) is 24.8. The minimum atomic E-state index is -0.580. The van der Waals surface area contributed by atoms with Crippen LogP contribution in [0.4, 0.5) is 10.5 Å². The molecule has 0 unspecified atom stereocenters. The lowest BCUT2D eigenvalue weighted by atomic mass is 9.68. The monoisotopic (exact) mass is 465 g/mol. The van der Waals surface area contributed by atoms with Gasteiger partial charge in [0.1, 0.15) is 22.2 Å². The fourth-order valence-corrected chi connectivity index (χ4v) is 5.54. The van der Waals surface area contributed by atoms with Crippen LogP contribution < -0.4 is 9.64 Å². The molecule has 1 aliphatic heterocycles. The number of rotatable bonds is 4. The lowest BCUT2D eigenvalue weighted by molar-refractivity contribution is -0.0264. The van der Waals surface area contributed by atoms with Crippen molar-refractivity contribution >= 4 is 34.4 Å².